The lowest BCUT2D eigenvalue weighted by molar-refractivity contribution is 0.137. The van der Waals surface area contributed by atoms with E-state index in [-0.39, 0.29) is 17.5 Å². The van der Waals surface area contributed by atoms with Gasteiger partial charge in [0.05, 0.1) is 11.9 Å². The summed E-state index contributed by atoms with van der Waals surface area (Å²) in [6.45, 7) is 0. The molecule has 0 saturated heterocycles. The molecule has 0 aliphatic rings. The second-order valence-corrected chi connectivity index (χ2v) is 4.22. The van der Waals surface area contributed by atoms with Crippen molar-refractivity contribution in [1.29, 1.82) is 0 Å². The van der Waals surface area contributed by atoms with Crippen molar-refractivity contribution in [2.45, 2.75) is 17.7 Å². The number of rotatable bonds is 4. The Kier molecular flexibility index (Phi) is 4.66. The van der Waals surface area contributed by atoms with Crippen LogP contribution in [-0.4, -0.2) is 23.7 Å². The molecule has 0 amide bonds. The van der Waals surface area contributed by atoms with Crippen LogP contribution >= 0.6 is 27.5 Å². The van der Waals surface area contributed by atoms with Gasteiger partial charge in [-0.25, -0.2) is 8.78 Å². The van der Waals surface area contributed by atoms with Crippen LogP contribution in [0.2, 0.25) is 5.15 Å². The number of ether oxygens (including phenoxy) is 1. The Bertz CT molecular complexity index is 340. The van der Waals surface area contributed by atoms with Crippen molar-refractivity contribution in [3.05, 3.63) is 16.8 Å². The molecule has 1 aromatic heterocycles. The van der Waals surface area contributed by atoms with Gasteiger partial charge in [-0.2, -0.15) is 0 Å². The molecule has 3 nitrogen and oxygen atoms in total. The number of hydrogen-bond acceptors (Lipinski definition) is 3. The van der Waals surface area contributed by atoms with Crippen LogP contribution in [0.25, 0.3) is 0 Å². The van der Waals surface area contributed by atoms with Crippen molar-refractivity contribution in [3.8, 4) is 5.88 Å². The molecular weight excluding hydrogens is 293 g/mol. The quantitative estimate of drug-likeness (QED) is 0.801. The highest BCUT2D eigenvalue weighted by Crippen LogP contribution is 2.34. The molecule has 1 aromatic rings. The average molecular weight is 302 g/mol. The highest BCUT2D eigenvalue weighted by molar-refractivity contribution is 9.09. The first-order valence-electron chi connectivity index (χ1n) is 4.04. The third kappa shape index (κ3) is 3.53. The number of hydrogen-bond donors (Lipinski definition) is 0. The monoisotopic (exact) mass is 300 g/mol. The number of nitrogens with zero attached hydrogens (tertiary/aromatic N) is 2. The lowest BCUT2D eigenvalue weighted by Crippen LogP contribution is -2.03. The Morgan fingerprint density at radius 2 is 2.20 bits per heavy atom. The molecule has 1 unspecified atom stereocenters. The van der Waals surface area contributed by atoms with E-state index in [0.717, 1.165) is 0 Å². The van der Waals surface area contributed by atoms with Crippen LogP contribution in [0.3, 0.4) is 0 Å². The minimum Gasteiger partial charge on any atom is -0.480 e. The highest BCUT2D eigenvalue weighted by atomic mass is 79.9. The third-order valence-corrected chi connectivity index (χ3v) is 2.73. The molecule has 0 saturated carbocycles. The molecule has 0 N–H and O–H groups in total. The van der Waals surface area contributed by atoms with E-state index in [1.807, 2.05) is 0 Å². The summed E-state index contributed by atoms with van der Waals surface area (Å²) in [6.07, 6.45) is -2.75. The summed E-state index contributed by atoms with van der Waals surface area (Å²) in [7, 11) is 1.39. The van der Waals surface area contributed by atoms with Crippen molar-refractivity contribution in [3.63, 3.8) is 0 Å². The van der Waals surface area contributed by atoms with Crippen LogP contribution in [0, 0.1) is 0 Å². The van der Waals surface area contributed by atoms with E-state index in [4.69, 9.17) is 16.3 Å². The van der Waals surface area contributed by atoms with Crippen LogP contribution < -0.4 is 4.74 Å². The molecule has 0 spiro atoms. The van der Waals surface area contributed by atoms with E-state index >= 15 is 0 Å². The maximum atomic E-state index is 12.2. The first-order valence-corrected chi connectivity index (χ1v) is 5.33. The zero-order valence-electron chi connectivity index (χ0n) is 7.75. The minimum atomic E-state index is -2.41. The summed E-state index contributed by atoms with van der Waals surface area (Å²) >= 11 is 8.74. The molecular formula is C8H8BrClF2N2O. The lowest BCUT2D eigenvalue weighted by atomic mass is 10.1. The number of halogens is 4. The zero-order valence-corrected chi connectivity index (χ0v) is 10.1. The smallest absolute Gasteiger partial charge is 0.240 e. The summed E-state index contributed by atoms with van der Waals surface area (Å²) < 4.78 is 29.2. The fourth-order valence-corrected chi connectivity index (χ4v) is 1.80. The zero-order chi connectivity index (χ0) is 11.4. The van der Waals surface area contributed by atoms with E-state index < -0.39 is 11.3 Å². The normalized spacial score (nSPS) is 12.9. The highest BCUT2D eigenvalue weighted by Gasteiger charge is 2.19. The Morgan fingerprint density at radius 3 is 2.73 bits per heavy atom. The van der Waals surface area contributed by atoms with Gasteiger partial charge in [0.2, 0.25) is 12.3 Å². The summed E-state index contributed by atoms with van der Waals surface area (Å²) in [5, 5.41) is 7.34. The summed E-state index contributed by atoms with van der Waals surface area (Å²) in [6, 6.07) is 1.45. The summed E-state index contributed by atoms with van der Waals surface area (Å²) in [4.78, 5) is -0.555. The van der Waals surface area contributed by atoms with E-state index in [1.54, 1.807) is 0 Å². The van der Waals surface area contributed by atoms with Gasteiger partial charge in [-0.1, -0.05) is 27.5 Å². The van der Waals surface area contributed by atoms with Crippen LogP contribution in [0.5, 0.6) is 5.88 Å². The summed E-state index contributed by atoms with van der Waals surface area (Å²) in [5.74, 6) is 0.196. The van der Waals surface area contributed by atoms with Gasteiger partial charge in [-0.3, -0.25) is 0 Å². The SMILES string of the molecule is COc1nnc(Cl)cc1C(Br)CC(F)F. The van der Waals surface area contributed by atoms with Gasteiger partial charge in [0.15, 0.2) is 5.15 Å². The van der Waals surface area contributed by atoms with Gasteiger partial charge in [-0.05, 0) is 6.07 Å². The van der Waals surface area contributed by atoms with Crippen molar-refractivity contribution < 1.29 is 13.5 Å². The van der Waals surface area contributed by atoms with Crippen LogP contribution in [0.4, 0.5) is 8.78 Å². The maximum absolute atomic E-state index is 12.2. The van der Waals surface area contributed by atoms with Crippen LogP contribution in [0.15, 0.2) is 6.07 Å². The number of methoxy groups -OCH3 is 1. The minimum absolute atomic E-state index is 0.143. The van der Waals surface area contributed by atoms with Crippen molar-refractivity contribution in [1.82, 2.24) is 10.2 Å². The first-order chi connectivity index (χ1) is 7.04. The Labute approximate surface area is 98.9 Å². The second-order valence-electron chi connectivity index (χ2n) is 2.73. The molecule has 0 aromatic carbocycles. The average Bonchev–Trinajstić information content (AvgIpc) is 2.16. The van der Waals surface area contributed by atoms with Crippen molar-refractivity contribution in [2.75, 3.05) is 7.11 Å². The predicted octanol–water partition coefficient (Wildman–Crippen LogP) is 3.23. The van der Waals surface area contributed by atoms with E-state index in [1.165, 1.54) is 13.2 Å². The predicted molar refractivity (Wildman–Crippen MR) is 55.9 cm³/mol. The van der Waals surface area contributed by atoms with E-state index in [0.29, 0.717) is 5.56 Å². The molecule has 0 radical (unpaired) electrons. The van der Waals surface area contributed by atoms with Gasteiger partial charge in [0.25, 0.3) is 0 Å². The summed E-state index contributed by atoms with van der Waals surface area (Å²) in [5.41, 5.74) is 0.470. The third-order valence-electron chi connectivity index (χ3n) is 1.67. The van der Waals surface area contributed by atoms with E-state index in [9.17, 15) is 8.78 Å². The largest absolute Gasteiger partial charge is 0.480 e. The van der Waals surface area contributed by atoms with Crippen molar-refractivity contribution >= 4 is 27.5 Å². The van der Waals surface area contributed by atoms with Gasteiger partial charge in [0, 0.05) is 12.0 Å². The Balaban J connectivity index is 2.94. The molecule has 15 heavy (non-hydrogen) atoms. The van der Waals surface area contributed by atoms with Crippen molar-refractivity contribution in [2.24, 2.45) is 0 Å². The maximum Gasteiger partial charge on any atom is 0.240 e. The number of aromatic nitrogens is 2. The van der Waals surface area contributed by atoms with Gasteiger partial charge in [0.1, 0.15) is 0 Å². The fraction of sp³-hybridized carbons (Fsp3) is 0.500. The topological polar surface area (TPSA) is 35.0 Å². The molecule has 0 fully saturated rings. The van der Waals surface area contributed by atoms with E-state index in [2.05, 4.69) is 26.1 Å². The molecule has 0 aliphatic heterocycles. The second kappa shape index (κ2) is 5.55. The van der Waals surface area contributed by atoms with Gasteiger partial charge < -0.3 is 4.74 Å². The van der Waals surface area contributed by atoms with Gasteiger partial charge >= 0.3 is 0 Å². The van der Waals surface area contributed by atoms with Crippen LogP contribution in [0.1, 0.15) is 16.8 Å². The van der Waals surface area contributed by atoms with Crippen LogP contribution in [-0.2, 0) is 0 Å². The van der Waals surface area contributed by atoms with Gasteiger partial charge in [-0.15, -0.1) is 10.2 Å². The standard InChI is InChI=1S/C8H8BrClF2N2O/c1-15-8-4(2-6(10)13-14-8)5(9)3-7(11)12/h2,5,7H,3H2,1H3. The Hall–Kier alpha value is -0.490. The fourth-order valence-electron chi connectivity index (χ4n) is 1.04. The number of alkyl halides is 3. The molecule has 1 rings (SSSR count). The molecule has 84 valence electrons. The molecule has 1 heterocycles. The first kappa shape index (κ1) is 12.6. The molecule has 0 aliphatic carbocycles. The molecule has 1 atom stereocenters. The molecule has 7 heteroatoms. The Morgan fingerprint density at radius 1 is 1.53 bits per heavy atom. The molecule has 0 bridgehead atoms. The lowest BCUT2D eigenvalue weighted by Gasteiger charge is -2.12.